The second-order valence-corrected chi connectivity index (χ2v) is 7.43. The lowest BCUT2D eigenvalue weighted by atomic mass is 10.1. The van der Waals surface area contributed by atoms with Gasteiger partial charge in [0.15, 0.2) is 5.65 Å². The first-order chi connectivity index (χ1) is 14.4. The van der Waals surface area contributed by atoms with E-state index in [1.54, 1.807) is 0 Å². The van der Waals surface area contributed by atoms with Gasteiger partial charge in [0, 0.05) is 25.2 Å². The van der Waals surface area contributed by atoms with E-state index in [0.717, 1.165) is 68.5 Å². The highest BCUT2D eigenvalue weighted by atomic mass is 16.5. The predicted molar refractivity (Wildman–Crippen MR) is 116 cm³/mol. The number of anilines is 1. The Hall–Kier alpha value is -2.96. The minimum atomic E-state index is 0.851. The van der Waals surface area contributed by atoms with Crippen molar-refractivity contribution in [1.29, 1.82) is 0 Å². The topological polar surface area (TPSA) is 54.7 Å². The zero-order valence-corrected chi connectivity index (χ0v) is 16.4. The van der Waals surface area contributed by atoms with Gasteiger partial charge in [-0.25, -0.2) is 9.50 Å². The molecule has 6 nitrogen and oxygen atoms in total. The number of hydrogen-bond acceptors (Lipinski definition) is 5. The van der Waals surface area contributed by atoms with E-state index in [4.69, 9.17) is 9.84 Å². The molecule has 3 heterocycles. The van der Waals surface area contributed by atoms with Crippen LogP contribution in [0.25, 0.3) is 27.7 Å². The number of imidazole rings is 1. The van der Waals surface area contributed by atoms with Gasteiger partial charge in [0.05, 0.1) is 25.1 Å². The van der Waals surface area contributed by atoms with Gasteiger partial charge in [0.2, 0.25) is 0 Å². The molecule has 0 bridgehead atoms. The summed E-state index contributed by atoms with van der Waals surface area (Å²) in [5, 5.41) is 10.7. The average molecular weight is 387 g/mol. The summed E-state index contributed by atoms with van der Waals surface area (Å²) in [6.45, 7) is 5.76. The number of nitrogens with zero attached hydrogens (tertiary/aromatic N) is 4. The lowest BCUT2D eigenvalue weighted by Gasteiger charge is -2.26. The van der Waals surface area contributed by atoms with Crippen LogP contribution >= 0.6 is 0 Å². The Kier molecular flexibility index (Phi) is 5.11. The molecule has 0 atom stereocenters. The maximum absolute atomic E-state index is 5.40. The molecule has 1 N–H and O–H groups in total. The van der Waals surface area contributed by atoms with Crippen LogP contribution in [0.4, 0.5) is 5.82 Å². The molecule has 0 saturated carbocycles. The molecule has 1 saturated heterocycles. The third kappa shape index (κ3) is 3.95. The first-order valence-corrected chi connectivity index (χ1v) is 10.2. The minimum absolute atomic E-state index is 0.851. The second kappa shape index (κ2) is 8.19. The molecule has 29 heavy (non-hydrogen) atoms. The lowest BCUT2D eigenvalue weighted by Crippen LogP contribution is -2.37. The Bertz CT molecular complexity index is 1120. The van der Waals surface area contributed by atoms with Crippen molar-refractivity contribution in [2.45, 2.75) is 6.42 Å². The van der Waals surface area contributed by atoms with Crippen LogP contribution in [-0.2, 0) is 4.74 Å². The van der Waals surface area contributed by atoms with Crippen LogP contribution in [-0.4, -0.2) is 58.9 Å². The normalized spacial score (nSPS) is 15.2. The van der Waals surface area contributed by atoms with Crippen molar-refractivity contribution in [3.05, 3.63) is 60.8 Å². The fraction of sp³-hybridized carbons (Fsp3) is 0.304. The Morgan fingerprint density at radius 3 is 2.72 bits per heavy atom. The third-order valence-electron chi connectivity index (χ3n) is 5.47. The summed E-state index contributed by atoms with van der Waals surface area (Å²) >= 11 is 0. The van der Waals surface area contributed by atoms with Crippen LogP contribution in [0, 0.1) is 0 Å². The number of morpholine rings is 1. The van der Waals surface area contributed by atoms with E-state index in [1.165, 1.54) is 10.8 Å². The van der Waals surface area contributed by atoms with E-state index >= 15 is 0 Å². The molecule has 0 unspecified atom stereocenters. The minimum Gasteiger partial charge on any atom is -0.379 e. The second-order valence-electron chi connectivity index (χ2n) is 7.43. The van der Waals surface area contributed by atoms with E-state index < -0.39 is 0 Å². The van der Waals surface area contributed by atoms with E-state index in [9.17, 15) is 0 Å². The fourth-order valence-electron chi connectivity index (χ4n) is 3.86. The van der Waals surface area contributed by atoms with Gasteiger partial charge < -0.3 is 10.1 Å². The van der Waals surface area contributed by atoms with Crippen LogP contribution in [0.1, 0.15) is 6.42 Å². The highest BCUT2D eigenvalue weighted by Gasteiger charge is 2.10. The maximum atomic E-state index is 5.40. The van der Waals surface area contributed by atoms with E-state index in [1.807, 2.05) is 22.8 Å². The highest BCUT2D eigenvalue weighted by Crippen LogP contribution is 2.25. The predicted octanol–water partition coefficient (Wildman–Crippen LogP) is 3.68. The molecular weight excluding hydrogens is 362 g/mol. The molecule has 1 aliphatic heterocycles. The van der Waals surface area contributed by atoms with Crippen LogP contribution < -0.4 is 5.32 Å². The van der Waals surface area contributed by atoms with Crippen molar-refractivity contribution < 1.29 is 4.74 Å². The summed E-state index contributed by atoms with van der Waals surface area (Å²) in [5.74, 6) is 0.875. The first kappa shape index (κ1) is 18.1. The SMILES string of the molecule is c1ccc2cc(-c3cnc4ccc(NCCCN5CCOCC5)nn34)ccc2c1. The Morgan fingerprint density at radius 2 is 1.83 bits per heavy atom. The molecule has 0 aliphatic carbocycles. The summed E-state index contributed by atoms with van der Waals surface area (Å²) in [5.41, 5.74) is 2.97. The van der Waals surface area contributed by atoms with Gasteiger partial charge >= 0.3 is 0 Å². The van der Waals surface area contributed by atoms with Crippen LogP contribution in [0.3, 0.4) is 0 Å². The van der Waals surface area contributed by atoms with Gasteiger partial charge in [-0.3, -0.25) is 4.90 Å². The number of nitrogens with one attached hydrogen (secondary N) is 1. The zero-order chi connectivity index (χ0) is 19.5. The molecule has 2 aromatic carbocycles. The molecule has 0 amide bonds. The quantitative estimate of drug-likeness (QED) is 0.512. The number of aromatic nitrogens is 3. The van der Waals surface area contributed by atoms with Crippen molar-refractivity contribution in [3.63, 3.8) is 0 Å². The van der Waals surface area contributed by atoms with Gasteiger partial charge in [-0.15, -0.1) is 5.10 Å². The smallest absolute Gasteiger partial charge is 0.154 e. The molecule has 0 spiro atoms. The molecule has 5 rings (SSSR count). The molecule has 148 valence electrons. The van der Waals surface area contributed by atoms with Crippen molar-refractivity contribution in [3.8, 4) is 11.3 Å². The standard InChI is InChI=1S/C23H25N5O/c1-2-5-19-16-20(7-6-18(19)4-1)21-17-25-23-9-8-22(26-28(21)23)24-10-3-11-27-12-14-29-15-13-27/h1-2,4-9,16-17H,3,10-15H2,(H,24,26). The number of benzene rings is 2. The number of hydrogen-bond donors (Lipinski definition) is 1. The summed E-state index contributed by atoms with van der Waals surface area (Å²) in [7, 11) is 0. The van der Waals surface area contributed by atoms with Crippen LogP contribution in [0.5, 0.6) is 0 Å². The molecule has 6 heteroatoms. The first-order valence-electron chi connectivity index (χ1n) is 10.2. The van der Waals surface area contributed by atoms with Gasteiger partial charge in [-0.1, -0.05) is 36.4 Å². The lowest BCUT2D eigenvalue weighted by molar-refractivity contribution is 0.0378. The fourth-order valence-corrected chi connectivity index (χ4v) is 3.86. The number of rotatable bonds is 6. The molecule has 0 radical (unpaired) electrons. The summed E-state index contributed by atoms with van der Waals surface area (Å²) < 4.78 is 7.33. The van der Waals surface area contributed by atoms with E-state index in [2.05, 4.69) is 57.7 Å². The van der Waals surface area contributed by atoms with Crippen molar-refractivity contribution in [2.24, 2.45) is 0 Å². The zero-order valence-electron chi connectivity index (χ0n) is 16.4. The van der Waals surface area contributed by atoms with Crippen LogP contribution in [0.15, 0.2) is 60.8 Å². The molecule has 2 aromatic heterocycles. The Labute approximate surface area is 170 Å². The maximum Gasteiger partial charge on any atom is 0.154 e. The largest absolute Gasteiger partial charge is 0.379 e. The van der Waals surface area contributed by atoms with Gasteiger partial charge in [0.1, 0.15) is 5.82 Å². The Balaban J connectivity index is 1.31. The molecule has 1 aliphatic rings. The van der Waals surface area contributed by atoms with Gasteiger partial charge in [0.25, 0.3) is 0 Å². The molecular formula is C23H25N5O. The van der Waals surface area contributed by atoms with Crippen molar-refractivity contribution in [2.75, 3.05) is 44.7 Å². The van der Waals surface area contributed by atoms with Crippen molar-refractivity contribution >= 4 is 22.2 Å². The van der Waals surface area contributed by atoms with Gasteiger partial charge in [-0.2, -0.15) is 0 Å². The average Bonchev–Trinajstić information content (AvgIpc) is 3.20. The monoisotopic (exact) mass is 387 g/mol. The van der Waals surface area contributed by atoms with Crippen LogP contribution in [0.2, 0.25) is 0 Å². The highest BCUT2D eigenvalue weighted by molar-refractivity contribution is 5.87. The van der Waals surface area contributed by atoms with Crippen molar-refractivity contribution in [1.82, 2.24) is 19.5 Å². The summed E-state index contributed by atoms with van der Waals surface area (Å²) in [4.78, 5) is 6.98. The summed E-state index contributed by atoms with van der Waals surface area (Å²) in [6, 6.07) is 18.9. The number of ether oxygens (including phenoxy) is 1. The third-order valence-corrected chi connectivity index (χ3v) is 5.47. The molecule has 4 aromatic rings. The summed E-state index contributed by atoms with van der Waals surface area (Å²) in [6.07, 6.45) is 2.98. The van der Waals surface area contributed by atoms with Gasteiger partial charge in [-0.05, 0) is 41.9 Å². The Morgan fingerprint density at radius 1 is 0.966 bits per heavy atom. The van der Waals surface area contributed by atoms with E-state index in [0.29, 0.717) is 0 Å². The van der Waals surface area contributed by atoms with E-state index in [-0.39, 0.29) is 0 Å². The molecule has 1 fully saturated rings. The number of fused-ring (bicyclic) bond motifs is 2.